The molecule has 0 fully saturated rings. The first kappa shape index (κ1) is 14.4. The van der Waals surface area contributed by atoms with Gasteiger partial charge in [-0.1, -0.05) is 26.0 Å². The number of nitrogens with two attached hydrogens (primary N) is 1. The van der Waals surface area contributed by atoms with Gasteiger partial charge in [0.25, 0.3) is 0 Å². The van der Waals surface area contributed by atoms with Gasteiger partial charge in [0.2, 0.25) is 0 Å². The van der Waals surface area contributed by atoms with Gasteiger partial charge in [-0.05, 0) is 30.5 Å². The highest BCUT2D eigenvalue weighted by Gasteiger charge is 2.14. The van der Waals surface area contributed by atoms with Crippen molar-refractivity contribution in [2.75, 3.05) is 5.43 Å². The minimum atomic E-state index is -0.245. The molecule has 106 valence electrons. The molecule has 0 amide bonds. The molecule has 2 rings (SSSR count). The second kappa shape index (κ2) is 5.96. The van der Waals surface area contributed by atoms with Gasteiger partial charge in [-0.2, -0.15) is 0 Å². The number of hydrogen-bond donors (Lipinski definition) is 2. The second-order valence-corrected chi connectivity index (χ2v) is 5.09. The van der Waals surface area contributed by atoms with Crippen LogP contribution >= 0.6 is 0 Å². The molecule has 0 aliphatic carbocycles. The maximum Gasteiger partial charge on any atom is 0.147 e. The van der Waals surface area contributed by atoms with E-state index in [1.807, 2.05) is 6.92 Å². The summed E-state index contributed by atoms with van der Waals surface area (Å²) in [5, 5.41) is 0. The fourth-order valence-corrected chi connectivity index (χ4v) is 2.30. The average molecular weight is 274 g/mol. The summed E-state index contributed by atoms with van der Waals surface area (Å²) in [6.45, 7) is 6.10. The lowest BCUT2D eigenvalue weighted by Crippen LogP contribution is -2.15. The van der Waals surface area contributed by atoms with Gasteiger partial charge in [-0.15, -0.1) is 0 Å². The van der Waals surface area contributed by atoms with Crippen LogP contribution in [0, 0.1) is 12.7 Å². The van der Waals surface area contributed by atoms with Crippen molar-refractivity contribution in [3.8, 4) is 0 Å². The van der Waals surface area contributed by atoms with Crippen LogP contribution in [0.2, 0.25) is 0 Å². The van der Waals surface area contributed by atoms with Crippen LogP contribution in [0.15, 0.2) is 24.3 Å². The maximum absolute atomic E-state index is 12.9. The van der Waals surface area contributed by atoms with Crippen LogP contribution in [0.4, 0.5) is 10.2 Å². The van der Waals surface area contributed by atoms with Crippen LogP contribution in [-0.2, 0) is 6.42 Å². The van der Waals surface area contributed by atoms with E-state index in [1.165, 1.54) is 12.1 Å². The number of aryl methyl sites for hydroxylation is 1. The molecule has 0 bridgehead atoms. The van der Waals surface area contributed by atoms with Crippen molar-refractivity contribution in [1.29, 1.82) is 0 Å². The largest absolute Gasteiger partial charge is 0.308 e. The predicted molar refractivity (Wildman–Crippen MR) is 77.9 cm³/mol. The molecular formula is C15H19FN4. The highest BCUT2D eigenvalue weighted by Crippen LogP contribution is 2.25. The molecule has 0 saturated carbocycles. The second-order valence-electron chi connectivity index (χ2n) is 5.09. The minimum absolute atomic E-state index is 0.245. The summed E-state index contributed by atoms with van der Waals surface area (Å²) in [5.74, 6) is 6.93. The molecule has 0 spiro atoms. The number of nitrogen functional groups attached to an aromatic ring is 1. The summed E-state index contributed by atoms with van der Waals surface area (Å²) in [5.41, 5.74) is 5.55. The summed E-state index contributed by atoms with van der Waals surface area (Å²) in [7, 11) is 0. The van der Waals surface area contributed by atoms with Crippen molar-refractivity contribution < 1.29 is 4.39 Å². The number of nitrogens with zero attached hydrogens (tertiary/aromatic N) is 2. The normalized spacial score (nSPS) is 10.9. The van der Waals surface area contributed by atoms with E-state index in [1.54, 1.807) is 12.1 Å². The predicted octanol–water partition coefficient (Wildman–Crippen LogP) is 2.92. The minimum Gasteiger partial charge on any atom is -0.308 e. The molecule has 20 heavy (non-hydrogen) atoms. The molecule has 1 aromatic carbocycles. The number of hydrogen-bond acceptors (Lipinski definition) is 4. The van der Waals surface area contributed by atoms with Crippen LogP contribution < -0.4 is 11.3 Å². The lowest BCUT2D eigenvalue weighted by atomic mass is 10.0. The zero-order chi connectivity index (χ0) is 14.7. The van der Waals surface area contributed by atoms with E-state index in [2.05, 4.69) is 29.2 Å². The molecule has 0 aliphatic rings. The first-order chi connectivity index (χ1) is 9.51. The molecule has 0 aliphatic heterocycles. The van der Waals surface area contributed by atoms with Crippen LogP contribution in [0.3, 0.4) is 0 Å². The van der Waals surface area contributed by atoms with Crippen LogP contribution in [0.5, 0.6) is 0 Å². The van der Waals surface area contributed by atoms with Crippen LogP contribution in [0.25, 0.3) is 0 Å². The molecule has 5 heteroatoms. The van der Waals surface area contributed by atoms with Gasteiger partial charge in [-0.25, -0.2) is 20.2 Å². The quantitative estimate of drug-likeness (QED) is 0.664. The van der Waals surface area contributed by atoms with Crippen LogP contribution in [0.1, 0.15) is 42.4 Å². The number of benzene rings is 1. The molecule has 1 heterocycles. The summed E-state index contributed by atoms with van der Waals surface area (Å²) < 4.78 is 12.9. The first-order valence-corrected chi connectivity index (χ1v) is 6.59. The Morgan fingerprint density at radius 1 is 1.20 bits per heavy atom. The number of hydrazine groups is 1. The SMILES string of the molecule is Cc1nc(Cc2ccc(F)cc2)nc(NN)c1C(C)C. The van der Waals surface area contributed by atoms with E-state index in [0.717, 1.165) is 16.8 Å². The Kier molecular flexibility index (Phi) is 4.29. The zero-order valence-corrected chi connectivity index (χ0v) is 11.9. The molecule has 0 radical (unpaired) electrons. The van der Waals surface area contributed by atoms with Gasteiger partial charge in [0, 0.05) is 17.7 Å². The van der Waals surface area contributed by atoms with Crippen molar-refractivity contribution in [1.82, 2.24) is 9.97 Å². The van der Waals surface area contributed by atoms with Crippen molar-refractivity contribution in [3.05, 3.63) is 52.7 Å². The highest BCUT2D eigenvalue weighted by atomic mass is 19.1. The smallest absolute Gasteiger partial charge is 0.147 e. The summed E-state index contributed by atoms with van der Waals surface area (Å²) in [6.07, 6.45) is 0.550. The van der Waals surface area contributed by atoms with Gasteiger partial charge in [0.05, 0.1) is 0 Å². The fourth-order valence-electron chi connectivity index (χ4n) is 2.30. The topological polar surface area (TPSA) is 63.8 Å². The number of rotatable bonds is 4. The van der Waals surface area contributed by atoms with Gasteiger partial charge in [0.15, 0.2) is 0 Å². The first-order valence-electron chi connectivity index (χ1n) is 6.59. The van der Waals surface area contributed by atoms with Gasteiger partial charge >= 0.3 is 0 Å². The van der Waals surface area contributed by atoms with Crippen molar-refractivity contribution >= 4 is 5.82 Å². The Morgan fingerprint density at radius 2 is 1.85 bits per heavy atom. The standard InChI is InChI=1S/C15H19FN4/c1-9(2)14-10(3)18-13(19-15(14)20-17)8-11-4-6-12(16)7-5-11/h4-7,9H,8,17H2,1-3H3,(H,18,19,20). The van der Waals surface area contributed by atoms with Gasteiger partial charge < -0.3 is 5.43 Å². The summed E-state index contributed by atoms with van der Waals surface area (Å²) >= 11 is 0. The van der Waals surface area contributed by atoms with E-state index in [0.29, 0.717) is 24.0 Å². The monoisotopic (exact) mass is 274 g/mol. The molecule has 4 nitrogen and oxygen atoms in total. The lowest BCUT2D eigenvalue weighted by Gasteiger charge is -2.15. The van der Waals surface area contributed by atoms with Gasteiger partial charge in [0.1, 0.15) is 17.5 Å². The third-order valence-electron chi connectivity index (χ3n) is 3.17. The average Bonchev–Trinajstić information content (AvgIpc) is 2.40. The number of aromatic nitrogens is 2. The highest BCUT2D eigenvalue weighted by molar-refractivity contribution is 5.47. The van der Waals surface area contributed by atoms with Crippen molar-refractivity contribution in [2.45, 2.75) is 33.1 Å². The van der Waals surface area contributed by atoms with E-state index in [4.69, 9.17) is 5.84 Å². The molecule has 3 N–H and O–H groups in total. The van der Waals surface area contributed by atoms with Gasteiger partial charge in [-0.3, -0.25) is 0 Å². The molecular weight excluding hydrogens is 255 g/mol. The van der Waals surface area contributed by atoms with E-state index in [-0.39, 0.29) is 5.82 Å². The van der Waals surface area contributed by atoms with Crippen molar-refractivity contribution in [3.63, 3.8) is 0 Å². The molecule has 2 aromatic rings. The van der Waals surface area contributed by atoms with E-state index >= 15 is 0 Å². The molecule has 0 atom stereocenters. The van der Waals surface area contributed by atoms with Crippen LogP contribution in [-0.4, -0.2) is 9.97 Å². The lowest BCUT2D eigenvalue weighted by molar-refractivity contribution is 0.627. The molecule has 0 saturated heterocycles. The Hall–Kier alpha value is -2.01. The Bertz CT molecular complexity index is 594. The summed E-state index contributed by atoms with van der Waals surface area (Å²) in [6, 6.07) is 6.35. The fraction of sp³-hybridized carbons (Fsp3) is 0.333. The van der Waals surface area contributed by atoms with E-state index in [9.17, 15) is 4.39 Å². The zero-order valence-electron chi connectivity index (χ0n) is 11.9. The number of halogens is 1. The number of anilines is 1. The Balaban J connectivity index is 2.33. The summed E-state index contributed by atoms with van der Waals surface area (Å²) in [4.78, 5) is 8.97. The third-order valence-corrected chi connectivity index (χ3v) is 3.17. The van der Waals surface area contributed by atoms with Crippen molar-refractivity contribution in [2.24, 2.45) is 5.84 Å². The Labute approximate surface area is 118 Å². The molecule has 1 aromatic heterocycles. The number of nitrogens with one attached hydrogen (secondary N) is 1. The van der Waals surface area contributed by atoms with E-state index < -0.39 is 0 Å². The third kappa shape index (κ3) is 3.11. The maximum atomic E-state index is 12.9. The molecule has 0 unspecified atom stereocenters. The Morgan fingerprint density at radius 3 is 2.40 bits per heavy atom.